The Morgan fingerprint density at radius 3 is 1.69 bits per heavy atom. The molecule has 0 aromatic rings. The Kier molecular flexibility index (Phi) is 1.70. The average Bonchev–Trinajstić information content (AvgIpc) is 2.00. The fourth-order valence-corrected chi connectivity index (χ4v) is 5.76. The maximum Gasteiger partial charge on any atom is 0.195 e. The van der Waals surface area contributed by atoms with Crippen LogP contribution in [0.2, 0.25) is 0 Å². The predicted octanol–water partition coefficient (Wildman–Crippen LogP) is 2.42. The van der Waals surface area contributed by atoms with Crippen molar-refractivity contribution in [2.24, 2.45) is 17.8 Å². The van der Waals surface area contributed by atoms with E-state index in [0.29, 0.717) is 0 Å². The smallest absolute Gasteiger partial charge is 0.195 e. The van der Waals surface area contributed by atoms with Crippen molar-refractivity contribution in [2.45, 2.75) is 43.7 Å². The Hall–Kier alpha value is 0.190. The highest BCUT2D eigenvalue weighted by molar-refractivity contribution is 7.40. The molecule has 4 fully saturated rings. The summed E-state index contributed by atoms with van der Waals surface area (Å²) in [6.07, 6.45) is 7.26. The normalized spacial score (nSPS) is 55.3. The molecule has 0 aromatic carbocycles. The molecule has 1 N–H and O–H groups in total. The first-order valence-electron chi connectivity index (χ1n) is 5.41. The van der Waals surface area contributed by atoms with Gasteiger partial charge in [0.25, 0.3) is 0 Å². The van der Waals surface area contributed by atoms with E-state index in [1.807, 2.05) is 0 Å². The van der Waals surface area contributed by atoms with Gasteiger partial charge in [-0.25, -0.2) is 0 Å². The first-order chi connectivity index (χ1) is 6.18. The lowest BCUT2D eigenvalue weighted by molar-refractivity contribution is 0.0310. The lowest BCUT2D eigenvalue weighted by atomic mass is 9.56. The fraction of sp³-hybridized carbons (Fsp3) is 1.00. The van der Waals surface area contributed by atoms with Gasteiger partial charge >= 0.3 is 0 Å². The zero-order valence-corrected chi connectivity index (χ0v) is 8.83. The largest absolute Gasteiger partial charge is 0.346 e. The molecule has 3 heteroatoms. The lowest BCUT2D eigenvalue weighted by Gasteiger charge is -2.55. The van der Waals surface area contributed by atoms with Gasteiger partial charge in [-0.1, -0.05) is 0 Å². The molecule has 4 aliphatic carbocycles. The summed E-state index contributed by atoms with van der Waals surface area (Å²) in [5.41, 5.74) is 0. The Balaban J connectivity index is 1.95. The van der Waals surface area contributed by atoms with Gasteiger partial charge in [-0.05, 0) is 56.3 Å². The quantitative estimate of drug-likeness (QED) is 0.660. The van der Waals surface area contributed by atoms with Crippen LogP contribution in [-0.2, 0) is 4.57 Å². The molecule has 0 aliphatic heterocycles. The van der Waals surface area contributed by atoms with E-state index in [9.17, 15) is 9.46 Å². The first kappa shape index (κ1) is 8.49. The maximum atomic E-state index is 11.4. The van der Waals surface area contributed by atoms with Gasteiger partial charge in [0.05, 0.1) is 0 Å². The van der Waals surface area contributed by atoms with Crippen molar-refractivity contribution >= 4 is 8.03 Å². The van der Waals surface area contributed by atoms with Crippen LogP contribution in [0.3, 0.4) is 0 Å². The van der Waals surface area contributed by atoms with Gasteiger partial charge in [0.15, 0.2) is 8.03 Å². The van der Waals surface area contributed by atoms with Crippen LogP contribution in [0.1, 0.15) is 38.5 Å². The van der Waals surface area contributed by atoms with Gasteiger partial charge < -0.3 is 4.89 Å². The van der Waals surface area contributed by atoms with Crippen molar-refractivity contribution in [3.63, 3.8) is 0 Å². The topological polar surface area (TPSA) is 37.3 Å². The summed E-state index contributed by atoms with van der Waals surface area (Å²) in [6, 6.07) is 0. The molecule has 0 radical (unpaired) electrons. The molecule has 4 aliphatic rings. The first-order valence-corrected chi connectivity index (χ1v) is 6.77. The van der Waals surface area contributed by atoms with Crippen LogP contribution in [0, 0.1) is 17.8 Å². The molecule has 0 spiro atoms. The predicted molar refractivity (Wildman–Crippen MR) is 52.1 cm³/mol. The molecule has 1 atom stereocenters. The second kappa shape index (κ2) is 2.61. The summed E-state index contributed by atoms with van der Waals surface area (Å²) >= 11 is 0. The van der Waals surface area contributed by atoms with E-state index in [0.717, 1.165) is 37.0 Å². The fourth-order valence-electron chi connectivity index (χ4n) is 4.37. The summed E-state index contributed by atoms with van der Waals surface area (Å²) in [5, 5.41) is -0.0978. The molecular weight excluding hydrogens is 183 g/mol. The van der Waals surface area contributed by atoms with Crippen molar-refractivity contribution in [3.05, 3.63) is 0 Å². The minimum atomic E-state index is -2.28. The lowest BCUT2D eigenvalue weighted by Crippen LogP contribution is -2.48. The van der Waals surface area contributed by atoms with Crippen LogP contribution in [0.5, 0.6) is 0 Å². The summed E-state index contributed by atoms with van der Waals surface area (Å²) in [4.78, 5) is 9.46. The van der Waals surface area contributed by atoms with E-state index >= 15 is 0 Å². The minimum Gasteiger partial charge on any atom is -0.346 e. The van der Waals surface area contributed by atoms with E-state index < -0.39 is 8.03 Å². The molecule has 4 rings (SSSR count). The molecule has 4 bridgehead atoms. The zero-order valence-electron chi connectivity index (χ0n) is 7.83. The maximum absolute atomic E-state index is 11.4. The van der Waals surface area contributed by atoms with Crippen molar-refractivity contribution in [2.75, 3.05) is 0 Å². The zero-order chi connectivity index (χ0) is 9.05. The molecule has 0 amide bonds. The van der Waals surface area contributed by atoms with Crippen LogP contribution in [-0.4, -0.2) is 10.0 Å². The van der Waals surface area contributed by atoms with Crippen molar-refractivity contribution < 1.29 is 9.46 Å². The molecule has 74 valence electrons. The molecular formula is C10H17O2P. The van der Waals surface area contributed by atoms with Gasteiger partial charge in [0.1, 0.15) is 0 Å². The molecule has 1 unspecified atom stereocenters. The van der Waals surface area contributed by atoms with Crippen LogP contribution in [0.15, 0.2) is 0 Å². The molecule has 0 heterocycles. The summed E-state index contributed by atoms with van der Waals surface area (Å²) in [7, 11) is -2.28. The van der Waals surface area contributed by atoms with Crippen LogP contribution < -0.4 is 0 Å². The Morgan fingerprint density at radius 1 is 1.00 bits per heavy atom. The third-order valence-corrected chi connectivity index (χ3v) is 6.01. The van der Waals surface area contributed by atoms with Gasteiger partial charge in [-0.2, -0.15) is 0 Å². The van der Waals surface area contributed by atoms with Crippen LogP contribution in [0.25, 0.3) is 0 Å². The number of hydrogen-bond donors (Lipinski definition) is 1. The van der Waals surface area contributed by atoms with E-state index in [1.165, 1.54) is 19.3 Å². The van der Waals surface area contributed by atoms with E-state index in [2.05, 4.69) is 0 Å². The molecule has 0 saturated heterocycles. The van der Waals surface area contributed by atoms with E-state index in [1.54, 1.807) is 0 Å². The van der Waals surface area contributed by atoms with Crippen LogP contribution in [0.4, 0.5) is 0 Å². The highest BCUT2D eigenvalue weighted by Gasteiger charge is 2.53. The molecule has 2 nitrogen and oxygen atoms in total. The minimum absolute atomic E-state index is 0.0978. The van der Waals surface area contributed by atoms with Crippen molar-refractivity contribution in [3.8, 4) is 0 Å². The standard InChI is InChI=1S/C10H17O2P/c11-13(12)10-4-7-1-8(5-10)3-9(2-7)6-10/h7-9,13H,1-6H2,(H,11,12). The Morgan fingerprint density at radius 2 is 1.38 bits per heavy atom. The highest BCUT2D eigenvalue weighted by Crippen LogP contribution is 2.63. The van der Waals surface area contributed by atoms with Gasteiger partial charge in [-0.3, -0.25) is 4.57 Å². The number of rotatable bonds is 1. The second-order valence-electron chi connectivity index (χ2n) is 5.50. The second-order valence-corrected chi connectivity index (χ2v) is 7.17. The van der Waals surface area contributed by atoms with Gasteiger partial charge in [0.2, 0.25) is 0 Å². The average molecular weight is 200 g/mol. The summed E-state index contributed by atoms with van der Waals surface area (Å²) in [6.45, 7) is 0. The van der Waals surface area contributed by atoms with Crippen LogP contribution >= 0.6 is 8.03 Å². The molecule has 0 aromatic heterocycles. The summed E-state index contributed by atoms with van der Waals surface area (Å²) < 4.78 is 11.4. The Bertz CT molecular complexity index is 226. The molecule has 13 heavy (non-hydrogen) atoms. The third kappa shape index (κ3) is 1.15. The monoisotopic (exact) mass is 200 g/mol. The molecule has 4 saturated carbocycles. The highest BCUT2D eigenvalue weighted by atomic mass is 31.1. The Labute approximate surface area is 79.6 Å². The third-order valence-electron chi connectivity index (χ3n) is 4.49. The van der Waals surface area contributed by atoms with Gasteiger partial charge in [-0.15, -0.1) is 0 Å². The van der Waals surface area contributed by atoms with Crippen molar-refractivity contribution in [1.82, 2.24) is 0 Å². The van der Waals surface area contributed by atoms with Gasteiger partial charge in [0, 0.05) is 5.16 Å². The summed E-state index contributed by atoms with van der Waals surface area (Å²) in [5.74, 6) is 2.40. The van der Waals surface area contributed by atoms with E-state index in [4.69, 9.17) is 0 Å². The number of hydrogen-bond acceptors (Lipinski definition) is 1. The van der Waals surface area contributed by atoms with E-state index in [-0.39, 0.29) is 5.16 Å². The van der Waals surface area contributed by atoms with Crippen molar-refractivity contribution in [1.29, 1.82) is 0 Å². The SMILES string of the molecule is O=[PH](O)C12CC3CC(CC(C3)C1)C2.